The second kappa shape index (κ2) is 3.66. The van der Waals surface area contributed by atoms with Crippen LogP contribution in [-0.4, -0.2) is 11.3 Å². The Hall–Kier alpha value is -1.36. The maximum Gasteiger partial charge on any atom is 0.425 e. The van der Waals surface area contributed by atoms with E-state index in [1.165, 1.54) is 0 Å². The molecule has 0 aliphatic carbocycles. The molecule has 1 aromatic rings. The fourth-order valence-corrected chi connectivity index (χ4v) is 1.10. The van der Waals surface area contributed by atoms with Gasteiger partial charge in [0.25, 0.3) is 0 Å². The zero-order valence-electron chi connectivity index (χ0n) is 7.55. The molecular weight excluding hydrogens is 212 g/mol. The minimum atomic E-state index is -4.88. The maximum absolute atomic E-state index is 12.5. The Morgan fingerprint density at radius 3 is 1.93 bits per heavy atom. The molecule has 0 fully saturated rings. The Bertz CT molecular complexity index is 355. The first-order chi connectivity index (χ1) is 6.81. The van der Waals surface area contributed by atoms with Gasteiger partial charge in [0.05, 0.1) is 0 Å². The third-order valence-electron chi connectivity index (χ3n) is 2.01. The van der Waals surface area contributed by atoms with Crippen LogP contribution in [0.5, 0.6) is 0 Å². The van der Waals surface area contributed by atoms with Crippen molar-refractivity contribution in [3.05, 3.63) is 48.3 Å². The van der Waals surface area contributed by atoms with Gasteiger partial charge in [0.1, 0.15) is 5.82 Å². The van der Waals surface area contributed by atoms with Gasteiger partial charge in [0, 0.05) is 0 Å². The monoisotopic (exact) mass is 220 g/mol. The highest BCUT2D eigenvalue weighted by Gasteiger charge is 2.52. The molecule has 0 radical (unpaired) electrons. The zero-order chi connectivity index (χ0) is 11.7. The number of halogens is 4. The molecule has 0 aliphatic rings. The highest BCUT2D eigenvalue weighted by molar-refractivity contribution is 5.29. The summed E-state index contributed by atoms with van der Waals surface area (Å²) < 4.78 is 49.9. The van der Waals surface area contributed by atoms with Gasteiger partial charge in [-0.2, -0.15) is 13.2 Å². The number of hydrogen-bond acceptors (Lipinski definition) is 1. The molecule has 1 atom stereocenters. The summed E-state index contributed by atoms with van der Waals surface area (Å²) in [6.45, 7) is 2.93. The van der Waals surface area contributed by atoms with E-state index in [1.807, 2.05) is 0 Å². The standard InChI is InChI=1S/C10H8F4O/c1-2-9(15,10(12,13)14)7-3-5-8(11)6-4-7/h2-6,15H,1H2. The molecule has 0 spiro atoms. The summed E-state index contributed by atoms with van der Waals surface area (Å²) in [4.78, 5) is 0. The van der Waals surface area contributed by atoms with Crippen LogP contribution in [0.4, 0.5) is 17.6 Å². The van der Waals surface area contributed by atoms with Crippen molar-refractivity contribution in [2.75, 3.05) is 0 Å². The van der Waals surface area contributed by atoms with E-state index in [-0.39, 0.29) is 0 Å². The van der Waals surface area contributed by atoms with Crippen molar-refractivity contribution in [2.45, 2.75) is 11.8 Å². The summed E-state index contributed by atoms with van der Waals surface area (Å²) >= 11 is 0. The predicted octanol–water partition coefficient (Wildman–Crippen LogP) is 2.76. The van der Waals surface area contributed by atoms with Gasteiger partial charge < -0.3 is 5.11 Å². The molecule has 15 heavy (non-hydrogen) atoms. The summed E-state index contributed by atoms with van der Waals surface area (Å²) in [5.41, 5.74) is -3.60. The van der Waals surface area contributed by atoms with E-state index in [4.69, 9.17) is 0 Å². The number of alkyl halides is 3. The molecular formula is C10H8F4O. The van der Waals surface area contributed by atoms with Crippen LogP contribution in [0, 0.1) is 5.82 Å². The average molecular weight is 220 g/mol. The molecule has 1 aromatic carbocycles. The van der Waals surface area contributed by atoms with E-state index >= 15 is 0 Å². The Labute approximate surface area is 83.7 Å². The van der Waals surface area contributed by atoms with Crippen LogP contribution >= 0.6 is 0 Å². The molecule has 1 rings (SSSR count). The van der Waals surface area contributed by atoms with Gasteiger partial charge in [-0.15, -0.1) is 0 Å². The third kappa shape index (κ3) is 2.02. The van der Waals surface area contributed by atoms with Crippen LogP contribution in [-0.2, 0) is 5.60 Å². The lowest BCUT2D eigenvalue weighted by atomic mass is 9.93. The summed E-state index contributed by atoms with van der Waals surface area (Å²) in [6, 6.07) is 3.42. The van der Waals surface area contributed by atoms with Crippen LogP contribution in [0.3, 0.4) is 0 Å². The lowest BCUT2D eigenvalue weighted by Crippen LogP contribution is -2.40. The molecule has 0 heterocycles. The maximum atomic E-state index is 12.5. The van der Waals surface area contributed by atoms with E-state index in [9.17, 15) is 22.7 Å². The number of benzene rings is 1. The van der Waals surface area contributed by atoms with Crippen LogP contribution in [0.25, 0.3) is 0 Å². The van der Waals surface area contributed by atoms with Crippen LogP contribution in [0.15, 0.2) is 36.9 Å². The molecule has 0 bridgehead atoms. The minimum absolute atomic E-state index is 0.375. The number of hydrogen-bond donors (Lipinski definition) is 1. The predicted molar refractivity (Wildman–Crippen MR) is 46.5 cm³/mol. The second-order valence-corrected chi connectivity index (χ2v) is 2.98. The highest BCUT2D eigenvalue weighted by atomic mass is 19.4. The molecule has 0 saturated heterocycles. The summed E-state index contributed by atoms with van der Waals surface area (Å²) in [7, 11) is 0. The molecule has 1 nitrogen and oxygen atoms in total. The molecule has 1 unspecified atom stereocenters. The van der Waals surface area contributed by atoms with E-state index in [0.29, 0.717) is 6.08 Å². The van der Waals surface area contributed by atoms with Crippen LogP contribution in [0.2, 0.25) is 0 Å². The van der Waals surface area contributed by atoms with E-state index in [1.54, 1.807) is 0 Å². The zero-order valence-corrected chi connectivity index (χ0v) is 7.55. The van der Waals surface area contributed by atoms with E-state index in [0.717, 1.165) is 24.3 Å². The molecule has 0 aliphatic heterocycles. The Kier molecular flexibility index (Phi) is 2.86. The van der Waals surface area contributed by atoms with E-state index in [2.05, 4.69) is 6.58 Å². The van der Waals surface area contributed by atoms with E-state index < -0.39 is 23.2 Å². The second-order valence-electron chi connectivity index (χ2n) is 2.98. The van der Waals surface area contributed by atoms with Gasteiger partial charge >= 0.3 is 6.18 Å². The minimum Gasteiger partial charge on any atom is -0.373 e. The van der Waals surface area contributed by atoms with Crippen molar-refractivity contribution in [3.8, 4) is 0 Å². The van der Waals surface area contributed by atoms with Gasteiger partial charge in [-0.05, 0) is 23.8 Å². The fourth-order valence-electron chi connectivity index (χ4n) is 1.10. The van der Waals surface area contributed by atoms with Crippen molar-refractivity contribution in [3.63, 3.8) is 0 Å². The first-order valence-corrected chi connectivity index (χ1v) is 4.00. The Morgan fingerprint density at radius 2 is 1.60 bits per heavy atom. The molecule has 82 valence electrons. The summed E-state index contributed by atoms with van der Waals surface area (Å²) in [6.07, 6.45) is -4.51. The van der Waals surface area contributed by atoms with Crippen molar-refractivity contribution in [2.24, 2.45) is 0 Å². The normalized spacial score (nSPS) is 15.8. The van der Waals surface area contributed by atoms with Gasteiger partial charge in [-0.1, -0.05) is 18.7 Å². The van der Waals surface area contributed by atoms with Gasteiger partial charge in [-0.3, -0.25) is 0 Å². The number of aliphatic hydroxyl groups is 1. The summed E-state index contributed by atoms with van der Waals surface area (Å²) in [5.74, 6) is -0.674. The molecule has 1 N–H and O–H groups in total. The lowest BCUT2D eigenvalue weighted by molar-refractivity contribution is -0.245. The van der Waals surface area contributed by atoms with Crippen LogP contribution in [0.1, 0.15) is 5.56 Å². The first-order valence-electron chi connectivity index (χ1n) is 4.00. The van der Waals surface area contributed by atoms with Gasteiger partial charge in [0.15, 0.2) is 0 Å². The highest BCUT2D eigenvalue weighted by Crippen LogP contribution is 2.39. The Morgan fingerprint density at radius 1 is 1.13 bits per heavy atom. The van der Waals surface area contributed by atoms with Crippen molar-refractivity contribution < 1.29 is 22.7 Å². The van der Waals surface area contributed by atoms with Gasteiger partial charge in [-0.25, -0.2) is 4.39 Å². The SMILES string of the molecule is C=CC(O)(c1ccc(F)cc1)C(F)(F)F. The van der Waals surface area contributed by atoms with Crippen molar-refractivity contribution in [1.29, 1.82) is 0 Å². The summed E-state index contributed by atoms with van der Waals surface area (Å²) in [5, 5.41) is 9.35. The first kappa shape index (κ1) is 11.7. The molecule has 5 heteroatoms. The topological polar surface area (TPSA) is 20.2 Å². The molecule has 0 amide bonds. The largest absolute Gasteiger partial charge is 0.425 e. The molecule has 0 aromatic heterocycles. The molecule has 0 saturated carbocycles. The average Bonchev–Trinajstić information content (AvgIpc) is 2.16. The van der Waals surface area contributed by atoms with Gasteiger partial charge in [0.2, 0.25) is 5.60 Å². The quantitative estimate of drug-likeness (QED) is 0.600. The third-order valence-corrected chi connectivity index (χ3v) is 2.01. The van der Waals surface area contributed by atoms with Crippen molar-refractivity contribution in [1.82, 2.24) is 0 Å². The van der Waals surface area contributed by atoms with Crippen molar-refractivity contribution >= 4 is 0 Å². The Balaban J connectivity index is 3.24. The number of rotatable bonds is 2. The lowest BCUT2D eigenvalue weighted by Gasteiger charge is -2.27. The van der Waals surface area contributed by atoms with Crippen LogP contribution < -0.4 is 0 Å². The fraction of sp³-hybridized carbons (Fsp3) is 0.200. The smallest absolute Gasteiger partial charge is 0.373 e.